The van der Waals surface area contributed by atoms with Crippen LogP contribution in [-0.4, -0.2) is 38.3 Å². The summed E-state index contributed by atoms with van der Waals surface area (Å²) in [7, 11) is -3.73. The minimum absolute atomic E-state index is 0.193. The molecule has 2 N–H and O–H groups in total. The predicted octanol–water partition coefficient (Wildman–Crippen LogP) is -0.0246. The second-order valence-corrected chi connectivity index (χ2v) is 6.98. The van der Waals surface area contributed by atoms with Gasteiger partial charge in [0.15, 0.2) is 5.37 Å². The zero-order valence-corrected chi connectivity index (χ0v) is 11.4. The largest absolute Gasteiger partial charge is 0.444 e. The summed E-state index contributed by atoms with van der Waals surface area (Å²) in [4.78, 5) is 22.4. The molecule has 8 heteroatoms. The number of aldehydes is 1. The van der Waals surface area contributed by atoms with Gasteiger partial charge in [0, 0.05) is 6.54 Å². The molecule has 2 atom stereocenters. The second-order valence-electron chi connectivity index (χ2n) is 5.09. The highest BCUT2D eigenvalue weighted by Crippen LogP contribution is 2.17. The standard InChI is InChI=1S/C10H18N2O5S/c1-10(2,3)17-9(14)12-8-7(6-13)4-5-11-18(8,15)16/h6-8,11H,4-5H2,1-3H3,(H,12,14). The average Bonchev–Trinajstić information content (AvgIpc) is 2.18. The first-order valence-corrected chi connectivity index (χ1v) is 7.13. The number of alkyl carbamates (subject to hydrolysis) is 1. The number of ether oxygens (including phenoxy) is 1. The number of carbonyl (C=O) groups is 2. The Bertz CT molecular complexity index is 426. The molecule has 1 rings (SSSR count). The van der Waals surface area contributed by atoms with Crippen molar-refractivity contribution in [2.75, 3.05) is 6.54 Å². The maximum absolute atomic E-state index is 11.7. The van der Waals surface area contributed by atoms with Crippen LogP contribution in [0, 0.1) is 5.92 Å². The molecule has 0 aromatic carbocycles. The predicted molar refractivity (Wildman–Crippen MR) is 64.3 cm³/mol. The molecule has 0 saturated carbocycles. The van der Waals surface area contributed by atoms with E-state index in [0.29, 0.717) is 12.7 Å². The Morgan fingerprint density at radius 1 is 1.44 bits per heavy atom. The van der Waals surface area contributed by atoms with Crippen LogP contribution in [0.2, 0.25) is 0 Å². The molecular weight excluding hydrogens is 260 g/mol. The lowest BCUT2D eigenvalue weighted by Crippen LogP contribution is -2.55. The highest BCUT2D eigenvalue weighted by atomic mass is 32.2. The third-order valence-corrected chi connectivity index (χ3v) is 4.08. The molecule has 0 aromatic rings. The number of nitrogens with one attached hydrogen (secondary N) is 2. The van der Waals surface area contributed by atoms with Gasteiger partial charge in [-0.15, -0.1) is 0 Å². The van der Waals surface area contributed by atoms with Gasteiger partial charge in [0.05, 0.1) is 5.92 Å². The zero-order valence-electron chi connectivity index (χ0n) is 10.6. The Hall–Kier alpha value is -1.15. The van der Waals surface area contributed by atoms with Crippen molar-refractivity contribution in [3.05, 3.63) is 0 Å². The SMILES string of the molecule is CC(C)(C)OC(=O)NC1C(C=O)CCNS1(=O)=O. The maximum atomic E-state index is 11.7. The first kappa shape index (κ1) is 14.9. The van der Waals surface area contributed by atoms with E-state index in [4.69, 9.17) is 4.74 Å². The molecule has 0 aliphatic carbocycles. The molecule has 18 heavy (non-hydrogen) atoms. The lowest BCUT2D eigenvalue weighted by Gasteiger charge is -2.29. The van der Waals surface area contributed by atoms with Crippen molar-refractivity contribution >= 4 is 22.4 Å². The first-order chi connectivity index (χ1) is 8.15. The molecule has 0 spiro atoms. The molecule has 0 aromatic heterocycles. The van der Waals surface area contributed by atoms with Crippen molar-refractivity contribution in [1.29, 1.82) is 0 Å². The van der Waals surface area contributed by atoms with Crippen molar-refractivity contribution < 1.29 is 22.7 Å². The van der Waals surface area contributed by atoms with E-state index in [0.717, 1.165) is 0 Å². The van der Waals surface area contributed by atoms with Gasteiger partial charge in [-0.2, -0.15) is 0 Å². The topological polar surface area (TPSA) is 102 Å². The summed E-state index contributed by atoms with van der Waals surface area (Å²) in [6.07, 6.45) is 0.0375. The molecule has 0 bridgehead atoms. The molecule has 104 valence electrons. The Balaban J connectivity index is 2.78. The third-order valence-electron chi connectivity index (χ3n) is 2.34. The number of hydrogen-bond acceptors (Lipinski definition) is 5. The second kappa shape index (κ2) is 5.23. The highest BCUT2D eigenvalue weighted by molar-refractivity contribution is 7.90. The van der Waals surface area contributed by atoms with Gasteiger partial charge in [-0.05, 0) is 27.2 Å². The minimum atomic E-state index is -3.73. The van der Waals surface area contributed by atoms with E-state index in [2.05, 4.69) is 10.0 Å². The van der Waals surface area contributed by atoms with Crippen molar-refractivity contribution in [2.45, 2.75) is 38.2 Å². The summed E-state index contributed by atoms with van der Waals surface area (Å²) in [5.74, 6) is -0.760. The van der Waals surface area contributed by atoms with Gasteiger partial charge in [-0.3, -0.25) is 0 Å². The van der Waals surface area contributed by atoms with E-state index < -0.39 is 33.0 Å². The summed E-state index contributed by atoms with van der Waals surface area (Å²) in [6, 6.07) is 0. The molecule has 1 heterocycles. The van der Waals surface area contributed by atoms with Crippen LogP contribution in [0.1, 0.15) is 27.2 Å². The van der Waals surface area contributed by atoms with Crippen molar-refractivity contribution in [3.8, 4) is 0 Å². The summed E-state index contributed by atoms with van der Waals surface area (Å²) in [5.41, 5.74) is -0.730. The van der Waals surface area contributed by atoms with Gasteiger partial charge in [-0.25, -0.2) is 17.9 Å². The van der Waals surface area contributed by atoms with E-state index in [1.807, 2.05) is 0 Å². The molecule has 2 unspecified atom stereocenters. The van der Waals surface area contributed by atoms with Gasteiger partial charge in [0.1, 0.15) is 11.9 Å². The summed E-state index contributed by atoms with van der Waals surface area (Å²) >= 11 is 0. The number of amides is 1. The monoisotopic (exact) mass is 278 g/mol. The first-order valence-electron chi connectivity index (χ1n) is 5.59. The van der Waals surface area contributed by atoms with Crippen LogP contribution in [0.5, 0.6) is 0 Å². The maximum Gasteiger partial charge on any atom is 0.408 e. The quantitative estimate of drug-likeness (QED) is 0.691. The van der Waals surface area contributed by atoms with Gasteiger partial charge < -0.3 is 14.8 Å². The van der Waals surface area contributed by atoms with Gasteiger partial charge >= 0.3 is 6.09 Å². The summed E-state index contributed by atoms with van der Waals surface area (Å²) < 4.78 is 30.7. The van der Waals surface area contributed by atoms with Crippen LogP contribution in [0.3, 0.4) is 0 Å². The van der Waals surface area contributed by atoms with Gasteiger partial charge in [-0.1, -0.05) is 0 Å². The fourth-order valence-corrected chi connectivity index (χ4v) is 3.08. The number of hydrogen-bond donors (Lipinski definition) is 2. The highest BCUT2D eigenvalue weighted by Gasteiger charge is 2.38. The smallest absolute Gasteiger partial charge is 0.408 e. The van der Waals surface area contributed by atoms with Crippen LogP contribution in [-0.2, 0) is 19.6 Å². The van der Waals surface area contributed by atoms with Crippen molar-refractivity contribution in [3.63, 3.8) is 0 Å². The minimum Gasteiger partial charge on any atom is -0.444 e. The summed E-state index contributed by atoms with van der Waals surface area (Å²) in [5, 5.41) is 0.945. The van der Waals surface area contributed by atoms with E-state index >= 15 is 0 Å². The summed E-state index contributed by atoms with van der Waals surface area (Å²) in [6.45, 7) is 5.18. The molecule has 7 nitrogen and oxygen atoms in total. The lowest BCUT2D eigenvalue weighted by molar-refractivity contribution is -0.111. The molecule has 1 aliphatic heterocycles. The molecule has 1 aliphatic rings. The van der Waals surface area contributed by atoms with E-state index in [1.165, 1.54) is 0 Å². The van der Waals surface area contributed by atoms with E-state index in [1.54, 1.807) is 20.8 Å². The van der Waals surface area contributed by atoms with Crippen LogP contribution < -0.4 is 10.0 Å². The van der Waals surface area contributed by atoms with Crippen LogP contribution >= 0.6 is 0 Å². The Morgan fingerprint density at radius 3 is 2.56 bits per heavy atom. The third kappa shape index (κ3) is 3.95. The molecule has 1 amide bonds. The molecular formula is C10H18N2O5S. The number of carbonyl (C=O) groups excluding carboxylic acids is 2. The molecule has 0 radical (unpaired) electrons. The Kier molecular flexibility index (Phi) is 4.33. The molecule has 1 fully saturated rings. The zero-order chi connectivity index (χ0) is 14.0. The number of rotatable bonds is 2. The fourth-order valence-electron chi connectivity index (χ4n) is 1.59. The van der Waals surface area contributed by atoms with Crippen molar-refractivity contribution in [1.82, 2.24) is 10.0 Å². The van der Waals surface area contributed by atoms with Gasteiger partial charge in [0.25, 0.3) is 0 Å². The Labute approximate surface area is 106 Å². The lowest BCUT2D eigenvalue weighted by atomic mass is 10.1. The number of sulfonamides is 1. The normalized spacial score (nSPS) is 27.3. The average molecular weight is 278 g/mol. The molecule has 1 saturated heterocycles. The fraction of sp³-hybridized carbons (Fsp3) is 0.800. The van der Waals surface area contributed by atoms with E-state index in [9.17, 15) is 18.0 Å². The van der Waals surface area contributed by atoms with Crippen LogP contribution in [0.15, 0.2) is 0 Å². The van der Waals surface area contributed by atoms with Crippen LogP contribution in [0.25, 0.3) is 0 Å². The van der Waals surface area contributed by atoms with Crippen LogP contribution in [0.4, 0.5) is 4.79 Å². The van der Waals surface area contributed by atoms with Gasteiger partial charge in [0.2, 0.25) is 10.0 Å². The Morgan fingerprint density at radius 2 is 2.06 bits per heavy atom. The van der Waals surface area contributed by atoms with E-state index in [-0.39, 0.29) is 6.54 Å². The van der Waals surface area contributed by atoms with Crippen molar-refractivity contribution in [2.24, 2.45) is 5.92 Å².